The van der Waals surface area contributed by atoms with Gasteiger partial charge in [0.25, 0.3) is 0 Å². The Kier molecular flexibility index (Phi) is 7.03. The molecule has 6 rings (SSSR count). The van der Waals surface area contributed by atoms with Gasteiger partial charge in [0, 0.05) is 29.5 Å². The Hall–Kier alpha value is -4.17. The number of nitriles is 1. The summed E-state index contributed by atoms with van der Waals surface area (Å²) < 4.78 is 19.4. The molecule has 1 aliphatic heterocycles. The predicted octanol–water partition coefficient (Wildman–Crippen LogP) is 6.07. The summed E-state index contributed by atoms with van der Waals surface area (Å²) in [6.07, 6.45) is 5.51. The van der Waals surface area contributed by atoms with Crippen molar-refractivity contribution >= 4 is 59.0 Å². The summed E-state index contributed by atoms with van der Waals surface area (Å²) in [4.78, 5) is 4.44. The van der Waals surface area contributed by atoms with Crippen LogP contribution in [0.15, 0.2) is 72.7 Å². The van der Waals surface area contributed by atoms with Crippen molar-refractivity contribution in [3.05, 3.63) is 99.7 Å². The zero-order chi connectivity index (χ0) is 28.7. The van der Waals surface area contributed by atoms with E-state index in [2.05, 4.69) is 32.6 Å². The van der Waals surface area contributed by atoms with Gasteiger partial charge in [0.15, 0.2) is 5.75 Å². The van der Waals surface area contributed by atoms with Crippen LogP contribution in [0.2, 0.25) is 10.0 Å². The molecule has 1 atom stereocenters. The molecule has 4 aromatic rings. The van der Waals surface area contributed by atoms with E-state index in [4.69, 9.17) is 35.8 Å². The number of benzene rings is 3. The van der Waals surface area contributed by atoms with Gasteiger partial charge >= 0.3 is 0 Å². The normalized spacial score (nSPS) is 16.0. The van der Waals surface area contributed by atoms with Crippen LogP contribution in [-0.4, -0.2) is 31.0 Å². The van der Waals surface area contributed by atoms with Gasteiger partial charge in [-0.2, -0.15) is 5.26 Å². The lowest BCUT2D eigenvalue weighted by molar-refractivity contribution is 0.260. The van der Waals surface area contributed by atoms with Crippen molar-refractivity contribution in [3.8, 4) is 11.8 Å². The smallest absolute Gasteiger partial charge is 0.160 e. The molecule has 0 saturated heterocycles. The molecule has 1 unspecified atom stereocenters. The Morgan fingerprint density at radius 1 is 1.17 bits per heavy atom. The molecule has 0 amide bonds. The number of pyridine rings is 1. The summed E-state index contributed by atoms with van der Waals surface area (Å²) >= 11 is 13.1. The number of ether oxygens (including phenoxy) is 1. The lowest BCUT2D eigenvalue weighted by atomic mass is 9.69. The number of hydrogen-bond acceptors (Lipinski definition) is 8. The fourth-order valence-electron chi connectivity index (χ4n) is 4.81. The molecule has 0 bridgehead atoms. The van der Waals surface area contributed by atoms with Gasteiger partial charge in [-0.15, -0.1) is 5.53 Å². The fourth-order valence-corrected chi connectivity index (χ4v) is 5.33. The van der Waals surface area contributed by atoms with E-state index in [9.17, 15) is 9.65 Å². The number of aromatic nitrogens is 1. The summed E-state index contributed by atoms with van der Waals surface area (Å²) in [6, 6.07) is 17.3. The third kappa shape index (κ3) is 5.08. The molecular weight excluding hydrogens is 563 g/mol. The van der Waals surface area contributed by atoms with Gasteiger partial charge in [0.05, 0.1) is 50.7 Å². The predicted molar refractivity (Wildman–Crippen MR) is 159 cm³/mol. The van der Waals surface area contributed by atoms with Crippen molar-refractivity contribution < 1.29 is 9.13 Å². The summed E-state index contributed by atoms with van der Waals surface area (Å²) in [5.41, 5.74) is 8.55. The minimum absolute atomic E-state index is 0.287. The van der Waals surface area contributed by atoms with Crippen molar-refractivity contribution in [3.63, 3.8) is 0 Å². The lowest BCUT2D eigenvalue weighted by Gasteiger charge is -2.34. The van der Waals surface area contributed by atoms with Gasteiger partial charge in [-0.3, -0.25) is 9.99 Å². The average Bonchev–Trinajstić information content (AvgIpc) is 3.69. The lowest BCUT2D eigenvalue weighted by Crippen LogP contribution is -2.45. The van der Waals surface area contributed by atoms with Crippen molar-refractivity contribution in [1.82, 2.24) is 21.0 Å². The highest BCUT2D eigenvalue weighted by molar-refractivity contribution is 6.36. The van der Waals surface area contributed by atoms with Crippen LogP contribution in [0.1, 0.15) is 24.0 Å². The molecule has 1 aliphatic carbocycles. The molecule has 1 aromatic heterocycles. The van der Waals surface area contributed by atoms with E-state index in [-0.39, 0.29) is 11.4 Å². The van der Waals surface area contributed by atoms with Crippen molar-refractivity contribution in [2.24, 2.45) is 0 Å². The second-order valence-electron chi connectivity index (χ2n) is 9.82. The molecule has 1 saturated carbocycles. The van der Waals surface area contributed by atoms with Gasteiger partial charge in [-0.05, 0) is 54.8 Å². The van der Waals surface area contributed by atoms with Gasteiger partial charge in [-0.25, -0.2) is 4.39 Å². The maximum atomic E-state index is 13.9. The van der Waals surface area contributed by atoms with Crippen LogP contribution in [0.25, 0.3) is 10.9 Å². The summed E-state index contributed by atoms with van der Waals surface area (Å²) in [6.45, 7) is 0. The van der Waals surface area contributed by atoms with Crippen LogP contribution in [0.4, 0.5) is 21.5 Å². The zero-order valence-corrected chi connectivity index (χ0v) is 23.3. The van der Waals surface area contributed by atoms with E-state index < -0.39 is 5.44 Å². The third-order valence-electron chi connectivity index (χ3n) is 7.07. The Bertz CT molecular complexity index is 1730. The molecule has 204 valence electrons. The van der Waals surface area contributed by atoms with Crippen LogP contribution in [0.5, 0.6) is 5.75 Å². The van der Waals surface area contributed by atoms with Gasteiger partial charge < -0.3 is 20.8 Å². The number of anilines is 3. The van der Waals surface area contributed by atoms with E-state index in [1.807, 2.05) is 11.2 Å². The topological polar surface area (TPSA) is 97.3 Å². The highest BCUT2D eigenvalue weighted by atomic mass is 35.5. The van der Waals surface area contributed by atoms with Crippen LogP contribution in [0.3, 0.4) is 0 Å². The summed E-state index contributed by atoms with van der Waals surface area (Å²) in [5, 5.41) is 19.9. The van der Waals surface area contributed by atoms with Crippen LogP contribution < -0.4 is 26.3 Å². The Morgan fingerprint density at radius 2 is 1.95 bits per heavy atom. The fraction of sp³-hybridized carbons (Fsp3) is 0.172. The number of rotatable bonds is 8. The maximum Gasteiger partial charge on any atom is 0.160 e. The molecule has 0 spiro atoms. The maximum absolute atomic E-state index is 13.9. The van der Waals surface area contributed by atoms with Crippen molar-refractivity contribution in [1.29, 1.82) is 5.26 Å². The molecule has 41 heavy (non-hydrogen) atoms. The second-order valence-corrected chi connectivity index (χ2v) is 10.6. The number of halogens is 3. The molecule has 2 aliphatic rings. The average molecular weight is 586 g/mol. The number of hydrazine groups is 2. The molecule has 4 N–H and O–H groups in total. The van der Waals surface area contributed by atoms with E-state index in [1.54, 1.807) is 42.5 Å². The number of fused-ring (bicyclic) bond motifs is 1. The van der Waals surface area contributed by atoms with E-state index in [0.717, 1.165) is 12.8 Å². The molecule has 8 nitrogen and oxygen atoms in total. The number of methoxy groups -OCH3 is 1. The summed E-state index contributed by atoms with van der Waals surface area (Å²) in [7, 11) is 8.58. The quantitative estimate of drug-likeness (QED) is 0.185. The molecule has 1 fully saturated rings. The number of nitrogens with zero attached hydrogens (tertiary/aromatic N) is 3. The van der Waals surface area contributed by atoms with E-state index in [0.29, 0.717) is 61.1 Å². The SMILES string of the molecule is [B]C(Nc1cc(Cl)c2ncc(C#N)c(Nc3cccc(Cl)c3OC)c2c1)(C1=CN(C2CC2)NN1)c1ccc(F)cc1. The van der Waals surface area contributed by atoms with Gasteiger partial charge in [0.2, 0.25) is 0 Å². The first-order chi connectivity index (χ1) is 19.8. The minimum atomic E-state index is -1.31. The van der Waals surface area contributed by atoms with Crippen LogP contribution >= 0.6 is 23.2 Å². The second kappa shape index (κ2) is 10.7. The standard InChI is InChI=1S/C29H23BCl2FN7O/c1-41-28-22(31)3-2-4-24(28)36-26-16(13-34)14-35-27-21(26)11-19(12-23(27)32)37-29(30,17-5-7-18(33)8-6-17)25-15-40(39-38-25)20-9-10-20/h2-8,11-12,14-15,20,37-39H,9-10H2,1H3,(H,35,36). The number of nitrogens with one attached hydrogen (secondary N) is 4. The number of hydrogen-bond donors (Lipinski definition) is 4. The van der Waals surface area contributed by atoms with E-state index in [1.165, 1.54) is 25.4 Å². The Labute approximate surface area is 247 Å². The first kappa shape index (κ1) is 27.0. The molecule has 2 heterocycles. The highest BCUT2D eigenvalue weighted by Crippen LogP contribution is 2.41. The van der Waals surface area contributed by atoms with Crippen molar-refractivity contribution in [2.45, 2.75) is 24.3 Å². The van der Waals surface area contributed by atoms with Crippen molar-refractivity contribution in [2.75, 3.05) is 17.7 Å². The number of para-hydroxylation sites is 1. The van der Waals surface area contributed by atoms with Crippen LogP contribution in [-0.2, 0) is 5.44 Å². The van der Waals surface area contributed by atoms with Gasteiger partial charge in [-0.1, -0.05) is 41.4 Å². The largest absolute Gasteiger partial charge is 0.493 e. The van der Waals surface area contributed by atoms with Gasteiger partial charge in [0.1, 0.15) is 19.7 Å². The molecular formula is C29H23BCl2FN7O. The summed E-state index contributed by atoms with van der Waals surface area (Å²) in [5.74, 6) is 0.0471. The molecule has 3 aromatic carbocycles. The minimum Gasteiger partial charge on any atom is -0.493 e. The highest BCUT2D eigenvalue weighted by Gasteiger charge is 2.37. The third-order valence-corrected chi connectivity index (χ3v) is 7.66. The Morgan fingerprint density at radius 3 is 2.66 bits per heavy atom. The molecule has 2 radical (unpaired) electrons. The molecule has 12 heteroatoms. The van der Waals surface area contributed by atoms with E-state index >= 15 is 0 Å². The van der Waals surface area contributed by atoms with Crippen LogP contribution in [0, 0.1) is 17.1 Å². The zero-order valence-electron chi connectivity index (χ0n) is 21.8. The first-order valence-electron chi connectivity index (χ1n) is 12.8. The first-order valence-corrected chi connectivity index (χ1v) is 13.5. The Balaban J connectivity index is 1.47. The monoisotopic (exact) mass is 585 g/mol.